The lowest BCUT2D eigenvalue weighted by molar-refractivity contribution is -0.134. The summed E-state index contributed by atoms with van der Waals surface area (Å²) < 4.78 is 10.8. The predicted molar refractivity (Wildman–Crippen MR) is 91.6 cm³/mol. The number of nitrogens with zero attached hydrogens (tertiary/aromatic N) is 1. The SMILES string of the molecule is COc1ccccc1OCC(=O)N1CCC(NC(=O)CCCl)CC1. The quantitative estimate of drug-likeness (QED) is 0.758. The van der Waals surface area contributed by atoms with Gasteiger partial charge in [-0.25, -0.2) is 0 Å². The molecule has 1 aliphatic heterocycles. The standard InChI is InChI=1S/C17H23ClN2O4/c1-23-14-4-2-3-5-15(14)24-12-17(22)20-10-7-13(8-11-20)19-16(21)6-9-18/h2-5,13H,6-12H2,1H3,(H,19,21). The Kier molecular flexibility index (Phi) is 7.18. The molecule has 1 N–H and O–H groups in total. The lowest BCUT2D eigenvalue weighted by Crippen LogP contribution is -2.47. The number of carbonyl (C=O) groups excluding carboxylic acids is 2. The van der Waals surface area contributed by atoms with Crippen LogP contribution < -0.4 is 14.8 Å². The van der Waals surface area contributed by atoms with E-state index in [0.29, 0.717) is 36.9 Å². The van der Waals surface area contributed by atoms with Crippen LogP contribution in [0.2, 0.25) is 0 Å². The Bertz CT molecular complexity index is 559. The van der Waals surface area contributed by atoms with Gasteiger partial charge in [-0.15, -0.1) is 11.6 Å². The van der Waals surface area contributed by atoms with Crippen LogP contribution in [0.4, 0.5) is 0 Å². The summed E-state index contributed by atoms with van der Waals surface area (Å²) in [7, 11) is 1.56. The van der Waals surface area contributed by atoms with Crippen LogP contribution in [0.15, 0.2) is 24.3 Å². The van der Waals surface area contributed by atoms with Gasteiger partial charge < -0.3 is 19.7 Å². The van der Waals surface area contributed by atoms with Gasteiger partial charge >= 0.3 is 0 Å². The molecule has 1 aliphatic rings. The summed E-state index contributed by atoms with van der Waals surface area (Å²) in [5.41, 5.74) is 0. The number of carbonyl (C=O) groups is 2. The fraction of sp³-hybridized carbons (Fsp3) is 0.529. The number of ether oxygens (including phenoxy) is 2. The van der Waals surface area contributed by atoms with Crippen LogP contribution in [0.1, 0.15) is 19.3 Å². The highest BCUT2D eigenvalue weighted by atomic mass is 35.5. The van der Waals surface area contributed by atoms with E-state index in [4.69, 9.17) is 21.1 Å². The lowest BCUT2D eigenvalue weighted by atomic mass is 10.0. The zero-order valence-corrected chi connectivity index (χ0v) is 14.6. The molecule has 7 heteroatoms. The minimum atomic E-state index is -0.0635. The first-order valence-electron chi connectivity index (χ1n) is 8.03. The second kappa shape index (κ2) is 9.37. The first-order valence-corrected chi connectivity index (χ1v) is 8.56. The van der Waals surface area contributed by atoms with Crippen molar-refractivity contribution in [3.05, 3.63) is 24.3 Å². The molecule has 132 valence electrons. The van der Waals surface area contributed by atoms with E-state index in [9.17, 15) is 9.59 Å². The van der Waals surface area contributed by atoms with Gasteiger partial charge in [0, 0.05) is 31.4 Å². The van der Waals surface area contributed by atoms with E-state index in [2.05, 4.69) is 5.32 Å². The molecule has 0 aromatic heterocycles. The largest absolute Gasteiger partial charge is 0.493 e. The number of para-hydroxylation sites is 2. The molecule has 0 saturated carbocycles. The Morgan fingerprint density at radius 2 is 1.92 bits per heavy atom. The van der Waals surface area contributed by atoms with Gasteiger partial charge in [0.15, 0.2) is 18.1 Å². The van der Waals surface area contributed by atoms with Gasteiger partial charge in [-0.1, -0.05) is 12.1 Å². The molecule has 0 unspecified atom stereocenters. The van der Waals surface area contributed by atoms with E-state index in [0.717, 1.165) is 12.8 Å². The minimum absolute atomic E-state index is 0.0242. The Balaban J connectivity index is 1.75. The zero-order valence-electron chi connectivity index (χ0n) is 13.8. The second-order valence-corrected chi connectivity index (χ2v) is 5.98. The van der Waals surface area contributed by atoms with Crippen molar-refractivity contribution >= 4 is 23.4 Å². The summed E-state index contributed by atoms with van der Waals surface area (Å²) >= 11 is 5.55. The minimum Gasteiger partial charge on any atom is -0.493 e. The number of hydrogen-bond donors (Lipinski definition) is 1. The molecular formula is C17H23ClN2O4. The van der Waals surface area contributed by atoms with Crippen LogP contribution in [0.25, 0.3) is 0 Å². The number of benzene rings is 1. The maximum absolute atomic E-state index is 12.3. The van der Waals surface area contributed by atoms with Crippen LogP contribution in [-0.4, -0.2) is 55.4 Å². The number of likely N-dealkylation sites (tertiary alicyclic amines) is 1. The molecule has 1 aromatic carbocycles. The van der Waals surface area contributed by atoms with Crippen LogP contribution in [0.5, 0.6) is 11.5 Å². The zero-order chi connectivity index (χ0) is 17.4. The Morgan fingerprint density at radius 3 is 2.54 bits per heavy atom. The van der Waals surface area contributed by atoms with E-state index in [-0.39, 0.29) is 24.5 Å². The molecule has 1 fully saturated rings. The number of alkyl halides is 1. The van der Waals surface area contributed by atoms with Gasteiger partial charge in [0.05, 0.1) is 7.11 Å². The maximum Gasteiger partial charge on any atom is 0.260 e. The highest BCUT2D eigenvalue weighted by molar-refractivity contribution is 6.18. The Labute approximate surface area is 147 Å². The number of nitrogens with one attached hydrogen (secondary N) is 1. The van der Waals surface area contributed by atoms with Gasteiger partial charge in [0.1, 0.15) is 0 Å². The van der Waals surface area contributed by atoms with Crippen molar-refractivity contribution in [2.24, 2.45) is 0 Å². The third-order valence-electron chi connectivity index (χ3n) is 3.95. The van der Waals surface area contributed by atoms with Gasteiger partial charge in [-0.3, -0.25) is 9.59 Å². The van der Waals surface area contributed by atoms with E-state index >= 15 is 0 Å². The third kappa shape index (κ3) is 5.30. The van der Waals surface area contributed by atoms with Gasteiger partial charge in [0.2, 0.25) is 5.91 Å². The summed E-state index contributed by atoms with van der Waals surface area (Å²) in [4.78, 5) is 25.6. The Hall–Kier alpha value is -1.95. The van der Waals surface area contributed by atoms with Crippen molar-refractivity contribution < 1.29 is 19.1 Å². The smallest absolute Gasteiger partial charge is 0.260 e. The molecule has 6 nitrogen and oxygen atoms in total. The maximum atomic E-state index is 12.3. The summed E-state index contributed by atoms with van der Waals surface area (Å²) in [6, 6.07) is 7.34. The first kappa shape index (κ1) is 18.4. The Morgan fingerprint density at radius 1 is 1.25 bits per heavy atom. The fourth-order valence-electron chi connectivity index (χ4n) is 2.63. The number of hydrogen-bond acceptors (Lipinski definition) is 4. The average molecular weight is 355 g/mol. The molecule has 1 saturated heterocycles. The van der Waals surface area contributed by atoms with Crippen molar-refractivity contribution in [2.45, 2.75) is 25.3 Å². The van der Waals surface area contributed by atoms with Gasteiger partial charge in [-0.05, 0) is 25.0 Å². The number of rotatable bonds is 7. The van der Waals surface area contributed by atoms with Crippen molar-refractivity contribution in [1.29, 1.82) is 0 Å². The second-order valence-electron chi connectivity index (χ2n) is 5.60. The van der Waals surface area contributed by atoms with E-state index < -0.39 is 0 Å². The van der Waals surface area contributed by atoms with Crippen LogP contribution in [-0.2, 0) is 9.59 Å². The molecule has 2 amide bonds. The molecule has 2 rings (SSSR count). The molecular weight excluding hydrogens is 332 g/mol. The van der Waals surface area contributed by atoms with E-state index in [1.807, 2.05) is 12.1 Å². The summed E-state index contributed by atoms with van der Waals surface area (Å²) in [5.74, 6) is 1.38. The number of amides is 2. The molecule has 1 heterocycles. The normalized spacial score (nSPS) is 15.0. The lowest BCUT2D eigenvalue weighted by Gasteiger charge is -2.32. The van der Waals surface area contributed by atoms with Crippen molar-refractivity contribution in [1.82, 2.24) is 10.2 Å². The van der Waals surface area contributed by atoms with E-state index in [1.165, 1.54) is 0 Å². The van der Waals surface area contributed by atoms with Crippen molar-refractivity contribution in [3.8, 4) is 11.5 Å². The highest BCUT2D eigenvalue weighted by Crippen LogP contribution is 2.25. The summed E-state index contributed by atoms with van der Waals surface area (Å²) in [6.07, 6.45) is 1.82. The van der Waals surface area contributed by atoms with Crippen molar-refractivity contribution in [3.63, 3.8) is 0 Å². The first-order chi connectivity index (χ1) is 11.6. The molecule has 0 bridgehead atoms. The molecule has 0 aliphatic carbocycles. The number of halogens is 1. The fourth-order valence-corrected chi connectivity index (χ4v) is 2.80. The molecule has 0 atom stereocenters. The summed E-state index contributed by atoms with van der Waals surface area (Å²) in [5, 5.41) is 2.94. The molecule has 0 radical (unpaired) electrons. The predicted octanol–water partition coefficient (Wildman–Crippen LogP) is 1.81. The highest BCUT2D eigenvalue weighted by Gasteiger charge is 2.24. The average Bonchev–Trinajstić information content (AvgIpc) is 2.60. The summed E-state index contributed by atoms with van der Waals surface area (Å²) in [6.45, 7) is 1.20. The monoisotopic (exact) mass is 354 g/mol. The van der Waals surface area contributed by atoms with E-state index in [1.54, 1.807) is 24.1 Å². The number of piperidine rings is 1. The third-order valence-corrected chi connectivity index (χ3v) is 4.14. The molecule has 1 aromatic rings. The topological polar surface area (TPSA) is 67.9 Å². The van der Waals surface area contributed by atoms with Crippen LogP contribution in [0.3, 0.4) is 0 Å². The van der Waals surface area contributed by atoms with Gasteiger partial charge in [0.25, 0.3) is 5.91 Å². The van der Waals surface area contributed by atoms with Crippen LogP contribution >= 0.6 is 11.6 Å². The van der Waals surface area contributed by atoms with Crippen molar-refractivity contribution in [2.75, 3.05) is 32.7 Å². The molecule has 24 heavy (non-hydrogen) atoms. The molecule has 0 spiro atoms. The van der Waals surface area contributed by atoms with Crippen LogP contribution in [0, 0.1) is 0 Å². The number of methoxy groups -OCH3 is 1. The van der Waals surface area contributed by atoms with Gasteiger partial charge in [-0.2, -0.15) is 0 Å².